The second-order valence-corrected chi connectivity index (χ2v) is 11.7. The first-order valence-corrected chi connectivity index (χ1v) is 15.0. The highest BCUT2D eigenvalue weighted by molar-refractivity contribution is 6.04. The van der Waals surface area contributed by atoms with Crippen LogP contribution in [0.1, 0.15) is 57.1 Å². The van der Waals surface area contributed by atoms with Crippen LogP contribution in [0.2, 0.25) is 0 Å². The summed E-state index contributed by atoms with van der Waals surface area (Å²) >= 11 is 0. The van der Waals surface area contributed by atoms with Gasteiger partial charge >= 0.3 is 6.18 Å². The molecule has 2 aliphatic rings. The molecule has 1 aliphatic heterocycles. The maximum absolute atomic E-state index is 14.2. The molecule has 0 bridgehead atoms. The van der Waals surface area contributed by atoms with E-state index in [2.05, 4.69) is 40.1 Å². The van der Waals surface area contributed by atoms with Gasteiger partial charge in [-0.1, -0.05) is 25.5 Å². The number of piperazine rings is 1. The SMILES string of the molecule is CCCCNc1ncc2c3ccc(CN4CCN(C)CC4)cc3c(=O)n([C@H]3CC[C@H](C(=O)NCC(F)(F)F)CC3)c2n1. The minimum atomic E-state index is -4.45. The van der Waals surface area contributed by atoms with Gasteiger partial charge in [-0.15, -0.1) is 0 Å². The number of nitrogens with zero attached hydrogens (tertiary/aromatic N) is 5. The van der Waals surface area contributed by atoms with Gasteiger partial charge in [-0.05, 0) is 56.2 Å². The Morgan fingerprint density at radius 2 is 1.79 bits per heavy atom. The molecule has 228 valence electrons. The van der Waals surface area contributed by atoms with E-state index in [1.54, 1.807) is 10.8 Å². The summed E-state index contributed by atoms with van der Waals surface area (Å²) in [6, 6.07) is 5.82. The molecule has 0 radical (unpaired) electrons. The molecular formula is C30H40F3N7O2. The number of rotatable bonds is 9. The van der Waals surface area contributed by atoms with Crippen LogP contribution >= 0.6 is 0 Å². The van der Waals surface area contributed by atoms with E-state index in [0.29, 0.717) is 49.2 Å². The molecule has 0 spiro atoms. The average Bonchev–Trinajstić information content (AvgIpc) is 2.97. The van der Waals surface area contributed by atoms with Crippen LogP contribution in [0.3, 0.4) is 0 Å². The first-order chi connectivity index (χ1) is 20.1. The highest BCUT2D eigenvalue weighted by Crippen LogP contribution is 2.35. The molecule has 2 N–H and O–H groups in total. The molecule has 3 heterocycles. The van der Waals surface area contributed by atoms with E-state index in [4.69, 9.17) is 4.98 Å². The van der Waals surface area contributed by atoms with E-state index < -0.39 is 24.5 Å². The van der Waals surface area contributed by atoms with Crippen LogP contribution in [0.25, 0.3) is 21.8 Å². The Morgan fingerprint density at radius 3 is 2.48 bits per heavy atom. The van der Waals surface area contributed by atoms with E-state index in [9.17, 15) is 22.8 Å². The Bertz CT molecular complexity index is 1460. The molecule has 3 aromatic rings. The van der Waals surface area contributed by atoms with Crippen molar-refractivity contribution in [2.24, 2.45) is 5.92 Å². The van der Waals surface area contributed by atoms with Gasteiger partial charge < -0.3 is 15.5 Å². The van der Waals surface area contributed by atoms with Crippen molar-refractivity contribution in [2.45, 2.75) is 64.2 Å². The van der Waals surface area contributed by atoms with Crippen molar-refractivity contribution in [3.63, 3.8) is 0 Å². The van der Waals surface area contributed by atoms with Crippen molar-refractivity contribution in [1.29, 1.82) is 0 Å². The number of benzene rings is 1. The predicted octanol–water partition coefficient (Wildman–Crippen LogP) is 4.31. The molecule has 12 heteroatoms. The third kappa shape index (κ3) is 7.03. The van der Waals surface area contributed by atoms with Crippen molar-refractivity contribution in [3.05, 3.63) is 40.3 Å². The van der Waals surface area contributed by atoms with Crippen LogP contribution < -0.4 is 16.2 Å². The zero-order valence-electron chi connectivity index (χ0n) is 24.3. The number of fused-ring (bicyclic) bond motifs is 3. The number of unbranched alkanes of at least 4 members (excludes halogenated alkanes) is 1. The highest BCUT2D eigenvalue weighted by atomic mass is 19.4. The molecule has 1 aliphatic carbocycles. The summed E-state index contributed by atoms with van der Waals surface area (Å²) in [7, 11) is 2.12. The van der Waals surface area contributed by atoms with Gasteiger partial charge in [0.1, 0.15) is 12.2 Å². The first-order valence-electron chi connectivity index (χ1n) is 15.0. The van der Waals surface area contributed by atoms with Gasteiger partial charge in [0.2, 0.25) is 11.9 Å². The van der Waals surface area contributed by atoms with Gasteiger partial charge in [0, 0.05) is 68.2 Å². The Hall–Kier alpha value is -3.25. The summed E-state index contributed by atoms with van der Waals surface area (Å²) in [5.74, 6) is -0.641. The fourth-order valence-electron chi connectivity index (χ4n) is 6.07. The van der Waals surface area contributed by atoms with Gasteiger partial charge in [0.15, 0.2) is 0 Å². The van der Waals surface area contributed by atoms with E-state index >= 15 is 0 Å². The topological polar surface area (TPSA) is 95.4 Å². The monoisotopic (exact) mass is 587 g/mol. The van der Waals surface area contributed by atoms with E-state index in [1.165, 1.54) is 0 Å². The number of aromatic nitrogens is 3. The summed E-state index contributed by atoms with van der Waals surface area (Å²) in [6.45, 7) is 6.20. The highest BCUT2D eigenvalue weighted by Gasteiger charge is 2.33. The van der Waals surface area contributed by atoms with Crippen molar-refractivity contribution in [1.82, 2.24) is 29.7 Å². The van der Waals surface area contributed by atoms with Crippen LogP contribution in [0, 0.1) is 5.92 Å². The standard InChI is InChI=1S/C30H40F3N7O2/c1-3-4-11-34-29-35-17-25-23-10-5-20(18-39-14-12-38(2)13-15-39)16-24(23)28(42)40(26(25)37-29)22-8-6-21(7-9-22)27(41)36-19-30(31,32)33/h5,10,16-17,21-22H,3-4,6-9,11-15,18-19H2,1-2H3,(H,36,41)(H,34,35,37)/t21-,22-. The maximum atomic E-state index is 14.2. The lowest BCUT2D eigenvalue weighted by molar-refractivity contribution is -0.141. The van der Waals surface area contributed by atoms with Gasteiger partial charge in [0.25, 0.3) is 5.56 Å². The minimum absolute atomic E-state index is 0.138. The molecular weight excluding hydrogens is 547 g/mol. The van der Waals surface area contributed by atoms with Crippen LogP contribution in [0.15, 0.2) is 29.2 Å². The summed E-state index contributed by atoms with van der Waals surface area (Å²) in [5.41, 5.74) is 1.47. The molecule has 5 rings (SSSR count). The fraction of sp³-hybridized carbons (Fsp3) is 0.600. The van der Waals surface area contributed by atoms with Crippen molar-refractivity contribution in [3.8, 4) is 0 Å². The van der Waals surface area contributed by atoms with E-state index in [-0.39, 0.29) is 11.6 Å². The molecule has 9 nitrogen and oxygen atoms in total. The smallest absolute Gasteiger partial charge is 0.354 e. The zero-order chi connectivity index (χ0) is 29.9. The Morgan fingerprint density at radius 1 is 1.05 bits per heavy atom. The lowest BCUT2D eigenvalue weighted by Crippen LogP contribution is -2.43. The third-order valence-electron chi connectivity index (χ3n) is 8.53. The minimum Gasteiger partial charge on any atom is -0.354 e. The predicted molar refractivity (Wildman–Crippen MR) is 158 cm³/mol. The van der Waals surface area contributed by atoms with Gasteiger partial charge in [0.05, 0.1) is 0 Å². The summed E-state index contributed by atoms with van der Waals surface area (Å²) in [4.78, 5) is 40.6. The number of hydrogen-bond acceptors (Lipinski definition) is 7. The van der Waals surface area contributed by atoms with E-state index in [0.717, 1.165) is 61.9 Å². The number of nitrogens with one attached hydrogen (secondary N) is 2. The molecule has 1 saturated carbocycles. The van der Waals surface area contributed by atoms with Crippen molar-refractivity contribution in [2.75, 3.05) is 51.6 Å². The summed E-state index contributed by atoms with van der Waals surface area (Å²) in [6.07, 6.45) is 1.09. The third-order valence-corrected chi connectivity index (χ3v) is 8.53. The second kappa shape index (κ2) is 12.9. The largest absolute Gasteiger partial charge is 0.405 e. The number of pyridine rings is 1. The molecule has 0 atom stereocenters. The number of carbonyl (C=O) groups is 1. The lowest BCUT2D eigenvalue weighted by atomic mass is 9.85. The Labute approximate surface area is 243 Å². The molecule has 1 aromatic carbocycles. The van der Waals surface area contributed by atoms with Crippen LogP contribution in [-0.2, 0) is 11.3 Å². The number of anilines is 1. The molecule has 42 heavy (non-hydrogen) atoms. The molecule has 1 saturated heterocycles. The average molecular weight is 588 g/mol. The van der Waals surface area contributed by atoms with Crippen LogP contribution in [0.5, 0.6) is 0 Å². The number of amides is 1. The Balaban J connectivity index is 1.47. The van der Waals surface area contributed by atoms with Gasteiger partial charge in [-0.3, -0.25) is 19.1 Å². The summed E-state index contributed by atoms with van der Waals surface area (Å²) < 4.78 is 39.6. The number of hydrogen-bond donors (Lipinski definition) is 2. The van der Waals surface area contributed by atoms with Crippen LogP contribution in [0.4, 0.5) is 19.1 Å². The number of carbonyl (C=O) groups excluding carboxylic acids is 1. The normalized spacial score (nSPS) is 20.7. The molecule has 2 fully saturated rings. The molecule has 1 amide bonds. The van der Waals surface area contributed by atoms with Crippen molar-refractivity contribution < 1.29 is 18.0 Å². The Kier molecular flexibility index (Phi) is 9.32. The number of alkyl halides is 3. The first kappa shape index (κ1) is 30.2. The number of likely N-dealkylation sites (N-methyl/N-ethyl adjacent to an activating group) is 1. The van der Waals surface area contributed by atoms with Gasteiger partial charge in [-0.25, -0.2) is 4.98 Å². The van der Waals surface area contributed by atoms with Crippen molar-refractivity contribution >= 4 is 33.7 Å². The lowest BCUT2D eigenvalue weighted by Gasteiger charge is -2.32. The molecule has 0 unspecified atom stereocenters. The fourth-order valence-corrected chi connectivity index (χ4v) is 6.07. The maximum Gasteiger partial charge on any atom is 0.405 e. The summed E-state index contributed by atoms with van der Waals surface area (Å²) in [5, 5.41) is 7.45. The zero-order valence-corrected chi connectivity index (χ0v) is 24.3. The van der Waals surface area contributed by atoms with E-state index in [1.807, 2.05) is 17.4 Å². The second-order valence-electron chi connectivity index (χ2n) is 11.7. The van der Waals surface area contributed by atoms with Crippen LogP contribution in [-0.4, -0.2) is 82.7 Å². The quantitative estimate of drug-likeness (QED) is 0.285. The molecule has 2 aromatic heterocycles. The number of halogens is 3. The van der Waals surface area contributed by atoms with Gasteiger partial charge in [-0.2, -0.15) is 18.2 Å².